The van der Waals surface area contributed by atoms with Crippen LogP contribution in [0.2, 0.25) is 0 Å². The molecule has 0 aliphatic heterocycles. The molecule has 0 bridgehead atoms. The first kappa shape index (κ1) is 12.5. The van der Waals surface area contributed by atoms with Crippen LogP contribution in [0.25, 0.3) is 0 Å². The van der Waals surface area contributed by atoms with Crippen LogP contribution < -0.4 is 10.1 Å². The van der Waals surface area contributed by atoms with E-state index in [4.69, 9.17) is 9.26 Å². The molecule has 0 fully saturated rings. The maximum absolute atomic E-state index is 13.6. The molecule has 18 heavy (non-hydrogen) atoms. The molecule has 0 aliphatic carbocycles. The first-order chi connectivity index (χ1) is 8.70. The van der Waals surface area contributed by atoms with Gasteiger partial charge in [-0.3, -0.25) is 0 Å². The molecule has 4 nitrogen and oxygen atoms in total. The molecule has 0 aliphatic rings. The molecule has 1 aromatic heterocycles. The number of hydrogen-bond donors (Lipinski definition) is 1. The van der Waals surface area contributed by atoms with Crippen molar-refractivity contribution in [2.75, 3.05) is 7.05 Å². The Kier molecular flexibility index (Phi) is 3.88. The van der Waals surface area contributed by atoms with E-state index < -0.39 is 17.4 Å². The van der Waals surface area contributed by atoms with Crippen molar-refractivity contribution < 1.29 is 18.0 Å². The quantitative estimate of drug-likeness (QED) is 0.889. The van der Waals surface area contributed by atoms with Crippen molar-refractivity contribution >= 4 is 0 Å². The van der Waals surface area contributed by atoms with Crippen molar-refractivity contribution in [1.29, 1.82) is 0 Å². The lowest BCUT2D eigenvalue weighted by Gasteiger charge is -2.08. The monoisotopic (exact) mass is 254 g/mol. The molecule has 0 saturated carbocycles. The molecule has 0 atom stereocenters. The van der Waals surface area contributed by atoms with E-state index in [0.29, 0.717) is 17.9 Å². The van der Waals surface area contributed by atoms with Crippen LogP contribution in [0.1, 0.15) is 11.3 Å². The van der Waals surface area contributed by atoms with Crippen molar-refractivity contribution in [3.63, 3.8) is 0 Å². The van der Waals surface area contributed by atoms with Gasteiger partial charge in [0.1, 0.15) is 6.61 Å². The van der Waals surface area contributed by atoms with Crippen LogP contribution in [0.15, 0.2) is 28.9 Å². The third kappa shape index (κ3) is 2.84. The summed E-state index contributed by atoms with van der Waals surface area (Å²) in [5.74, 6) is -1.49. The van der Waals surface area contributed by atoms with E-state index in [1.807, 2.05) is 0 Å². The van der Waals surface area contributed by atoms with Gasteiger partial charge in [0.05, 0.1) is 6.20 Å². The van der Waals surface area contributed by atoms with Crippen molar-refractivity contribution in [1.82, 2.24) is 10.5 Å². The summed E-state index contributed by atoms with van der Waals surface area (Å²) >= 11 is 0. The van der Waals surface area contributed by atoms with Gasteiger partial charge in [-0.1, -0.05) is 5.16 Å². The van der Waals surface area contributed by atoms with Crippen LogP contribution in [-0.4, -0.2) is 12.2 Å². The minimum absolute atomic E-state index is 0.0702. The minimum Gasteiger partial charge on any atom is -0.479 e. The molecule has 96 valence electrons. The van der Waals surface area contributed by atoms with Crippen molar-refractivity contribution in [3.05, 3.63) is 47.4 Å². The number of hydrogen-bond acceptors (Lipinski definition) is 4. The molecule has 0 amide bonds. The summed E-state index contributed by atoms with van der Waals surface area (Å²) in [6, 6.07) is 4.02. The highest BCUT2D eigenvalue weighted by Crippen LogP contribution is 2.24. The van der Waals surface area contributed by atoms with Gasteiger partial charge in [-0.2, -0.15) is 0 Å². The van der Waals surface area contributed by atoms with Crippen LogP contribution in [0.5, 0.6) is 5.75 Å². The Morgan fingerprint density at radius 3 is 2.61 bits per heavy atom. The normalized spacial score (nSPS) is 10.6. The van der Waals surface area contributed by atoms with Gasteiger partial charge in [-0.25, -0.2) is 8.78 Å². The van der Waals surface area contributed by atoms with E-state index in [1.54, 1.807) is 13.1 Å². The zero-order valence-electron chi connectivity index (χ0n) is 9.74. The van der Waals surface area contributed by atoms with Crippen LogP contribution >= 0.6 is 0 Å². The van der Waals surface area contributed by atoms with E-state index in [-0.39, 0.29) is 6.61 Å². The lowest BCUT2D eigenvalue weighted by Crippen LogP contribution is -2.07. The van der Waals surface area contributed by atoms with Crippen molar-refractivity contribution in [2.24, 2.45) is 0 Å². The third-order valence-corrected chi connectivity index (χ3v) is 2.29. The Morgan fingerprint density at radius 1 is 1.33 bits per heavy atom. The Morgan fingerprint density at radius 2 is 2.06 bits per heavy atom. The summed E-state index contributed by atoms with van der Waals surface area (Å²) in [5, 5.41) is 6.28. The Bertz CT molecular complexity index is 492. The van der Waals surface area contributed by atoms with Gasteiger partial charge in [-0.05, 0) is 24.7 Å². The van der Waals surface area contributed by atoms with Gasteiger partial charge in [0.15, 0.2) is 23.1 Å². The number of rotatable bonds is 5. The highest BCUT2D eigenvalue weighted by Gasteiger charge is 2.13. The first-order valence-corrected chi connectivity index (χ1v) is 5.35. The van der Waals surface area contributed by atoms with E-state index in [1.165, 1.54) is 18.3 Å². The molecule has 2 aromatic rings. The number of aromatic nitrogens is 1. The van der Waals surface area contributed by atoms with Crippen LogP contribution in [0, 0.1) is 11.6 Å². The lowest BCUT2D eigenvalue weighted by molar-refractivity contribution is 0.230. The smallest absolute Gasteiger partial charge is 0.191 e. The summed E-state index contributed by atoms with van der Waals surface area (Å²) in [4.78, 5) is 0. The second-order valence-corrected chi connectivity index (χ2v) is 3.69. The zero-order chi connectivity index (χ0) is 13.0. The maximum Gasteiger partial charge on any atom is 0.191 e. The zero-order valence-corrected chi connectivity index (χ0v) is 9.74. The topological polar surface area (TPSA) is 47.3 Å². The predicted molar refractivity (Wildman–Crippen MR) is 60.0 cm³/mol. The van der Waals surface area contributed by atoms with Crippen LogP contribution in [0.3, 0.4) is 0 Å². The standard InChI is InChI=1S/C12H12F2N2O2/c1-15-6-8-4-10(13)12(11(14)5-8)17-7-9-2-3-16-18-9/h2-5,15H,6-7H2,1H3. The molecule has 2 rings (SSSR count). The predicted octanol–water partition coefficient (Wildman–Crippen LogP) is 2.25. The van der Waals surface area contributed by atoms with Crippen LogP contribution in [0.4, 0.5) is 8.78 Å². The first-order valence-electron chi connectivity index (χ1n) is 5.35. The summed E-state index contributed by atoms with van der Waals surface area (Å²) in [6.07, 6.45) is 1.43. The Labute approximate surface area is 103 Å². The lowest BCUT2D eigenvalue weighted by atomic mass is 10.2. The molecule has 1 aromatic carbocycles. The number of nitrogens with one attached hydrogen (secondary N) is 1. The average Bonchev–Trinajstić information content (AvgIpc) is 2.81. The summed E-state index contributed by atoms with van der Waals surface area (Å²) in [5.41, 5.74) is 0.513. The molecule has 1 heterocycles. The van der Waals surface area contributed by atoms with Gasteiger partial charge >= 0.3 is 0 Å². The summed E-state index contributed by atoms with van der Waals surface area (Å²) < 4.78 is 37.1. The second kappa shape index (κ2) is 5.59. The highest BCUT2D eigenvalue weighted by atomic mass is 19.1. The minimum atomic E-state index is -0.736. The fourth-order valence-corrected chi connectivity index (χ4v) is 1.52. The fraction of sp³-hybridized carbons (Fsp3) is 0.250. The average molecular weight is 254 g/mol. The van der Waals surface area contributed by atoms with E-state index in [9.17, 15) is 8.78 Å². The maximum atomic E-state index is 13.6. The van der Waals surface area contributed by atoms with Gasteiger partial charge in [0.25, 0.3) is 0 Å². The van der Waals surface area contributed by atoms with Gasteiger partial charge in [0.2, 0.25) is 0 Å². The summed E-state index contributed by atoms with van der Waals surface area (Å²) in [7, 11) is 1.70. The highest BCUT2D eigenvalue weighted by molar-refractivity contribution is 5.31. The fourth-order valence-electron chi connectivity index (χ4n) is 1.52. The number of benzene rings is 1. The van der Waals surface area contributed by atoms with Gasteiger partial charge in [0, 0.05) is 12.6 Å². The number of halogens is 2. The van der Waals surface area contributed by atoms with Gasteiger partial charge < -0.3 is 14.6 Å². The molecular formula is C12H12F2N2O2. The van der Waals surface area contributed by atoms with E-state index in [0.717, 1.165) is 0 Å². The van der Waals surface area contributed by atoms with E-state index in [2.05, 4.69) is 10.5 Å². The largest absolute Gasteiger partial charge is 0.479 e. The van der Waals surface area contributed by atoms with Crippen molar-refractivity contribution in [2.45, 2.75) is 13.2 Å². The third-order valence-electron chi connectivity index (χ3n) is 2.29. The number of ether oxygens (including phenoxy) is 1. The summed E-state index contributed by atoms with van der Waals surface area (Å²) in [6.45, 7) is 0.315. The molecule has 0 spiro atoms. The second-order valence-electron chi connectivity index (χ2n) is 3.69. The Hall–Kier alpha value is -1.95. The number of nitrogens with zero attached hydrogens (tertiary/aromatic N) is 1. The van der Waals surface area contributed by atoms with Crippen LogP contribution in [-0.2, 0) is 13.2 Å². The Balaban J connectivity index is 2.12. The molecule has 6 heteroatoms. The molecule has 0 radical (unpaired) electrons. The molecule has 1 N–H and O–H groups in total. The van der Waals surface area contributed by atoms with Crippen molar-refractivity contribution in [3.8, 4) is 5.75 Å². The molecular weight excluding hydrogens is 242 g/mol. The van der Waals surface area contributed by atoms with Gasteiger partial charge in [-0.15, -0.1) is 0 Å². The molecule has 0 unspecified atom stereocenters. The molecule has 0 saturated heterocycles. The SMILES string of the molecule is CNCc1cc(F)c(OCc2ccno2)c(F)c1. The van der Waals surface area contributed by atoms with E-state index >= 15 is 0 Å².